The molecule has 0 unspecified atom stereocenters. The van der Waals surface area contributed by atoms with E-state index in [9.17, 15) is 4.79 Å². The molecule has 0 fully saturated rings. The van der Waals surface area contributed by atoms with Crippen molar-refractivity contribution in [1.29, 1.82) is 0 Å². The zero-order chi connectivity index (χ0) is 8.69. The first-order valence-corrected chi connectivity index (χ1v) is 4.12. The van der Waals surface area contributed by atoms with Crippen molar-refractivity contribution in [2.24, 2.45) is 11.7 Å². The Hall–Kier alpha value is -0.570. The molecule has 0 aliphatic heterocycles. The van der Waals surface area contributed by atoms with Gasteiger partial charge in [0.05, 0.1) is 0 Å². The van der Waals surface area contributed by atoms with Gasteiger partial charge in [-0.3, -0.25) is 4.79 Å². The second-order valence-electron chi connectivity index (χ2n) is 3.17. The van der Waals surface area contributed by atoms with Crippen molar-refractivity contribution in [1.82, 2.24) is 5.32 Å². The molecule has 0 atom stereocenters. The average Bonchev–Trinajstić information content (AvgIpc) is 1.85. The summed E-state index contributed by atoms with van der Waals surface area (Å²) in [6, 6.07) is 0. The van der Waals surface area contributed by atoms with E-state index < -0.39 is 0 Å². The molecule has 0 heterocycles. The summed E-state index contributed by atoms with van der Waals surface area (Å²) in [6.07, 6.45) is 1.34. The number of primary amides is 1. The first-order chi connectivity index (χ1) is 5.13. The van der Waals surface area contributed by atoms with Crippen molar-refractivity contribution in [3.63, 3.8) is 0 Å². The van der Waals surface area contributed by atoms with Gasteiger partial charge in [-0.1, -0.05) is 13.8 Å². The minimum Gasteiger partial charge on any atom is -0.370 e. The quantitative estimate of drug-likeness (QED) is 0.553. The van der Waals surface area contributed by atoms with E-state index in [1.165, 1.54) is 0 Å². The van der Waals surface area contributed by atoms with Crippen molar-refractivity contribution >= 4 is 5.91 Å². The van der Waals surface area contributed by atoms with Crippen LogP contribution in [-0.2, 0) is 4.79 Å². The highest BCUT2D eigenvalue weighted by Crippen LogP contribution is 1.88. The third-order valence-corrected chi connectivity index (χ3v) is 1.33. The topological polar surface area (TPSA) is 55.1 Å². The molecular weight excluding hydrogens is 140 g/mol. The number of carbonyl (C=O) groups is 1. The maximum absolute atomic E-state index is 10.3. The predicted molar refractivity (Wildman–Crippen MR) is 46.1 cm³/mol. The molecule has 66 valence electrons. The highest BCUT2D eigenvalue weighted by molar-refractivity contribution is 5.73. The third kappa shape index (κ3) is 9.43. The van der Waals surface area contributed by atoms with Gasteiger partial charge in [0.2, 0.25) is 5.91 Å². The van der Waals surface area contributed by atoms with Crippen molar-refractivity contribution in [2.45, 2.75) is 26.7 Å². The lowest BCUT2D eigenvalue weighted by Gasteiger charge is -2.05. The van der Waals surface area contributed by atoms with Gasteiger partial charge in [-0.25, -0.2) is 0 Å². The summed E-state index contributed by atoms with van der Waals surface area (Å²) < 4.78 is 0. The van der Waals surface area contributed by atoms with E-state index in [0.717, 1.165) is 19.5 Å². The number of rotatable bonds is 6. The van der Waals surface area contributed by atoms with Crippen LogP contribution in [0, 0.1) is 5.92 Å². The molecule has 0 saturated heterocycles. The summed E-state index contributed by atoms with van der Waals surface area (Å²) >= 11 is 0. The van der Waals surface area contributed by atoms with Crippen LogP contribution in [-0.4, -0.2) is 19.0 Å². The van der Waals surface area contributed by atoms with E-state index in [2.05, 4.69) is 19.2 Å². The fraction of sp³-hybridized carbons (Fsp3) is 0.875. The Balaban J connectivity index is 2.97. The van der Waals surface area contributed by atoms with Gasteiger partial charge in [-0.15, -0.1) is 0 Å². The van der Waals surface area contributed by atoms with Gasteiger partial charge >= 0.3 is 0 Å². The molecule has 11 heavy (non-hydrogen) atoms. The number of hydrogen-bond acceptors (Lipinski definition) is 2. The molecule has 0 rings (SSSR count). The summed E-state index contributed by atoms with van der Waals surface area (Å²) in [4.78, 5) is 10.3. The Morgan fingerprint density at radius 1 is 1.55 bits per heavy atom. The van der Waals surface area contributed by atoms with Crippen LogP contribution in [0.3, 0.4) is 0 Å². The summed E-state index contributed by atoms with van der Waals surface area (Å²) in [6.45, 7) is 6.21. The third-order valence-electron chi connectivity index (χ3n) is 1.33. The zero-order valence-electron chi connectivity index (χ0n) is 7.39. The van der Waals surface area contributed by atoms with Crippen LogP contribution in [0.2, 0.25) is 0 Å². The van der Waals surface area contributed by atoms with E-state index in [-0.39, 0.29) is 5.91 Å². The molecule has 0 aromatic heterocycles. The van der Waals surface area contributed by atoms with E-state index in [1.54, 1.807) is 0 Å². The van der Waals surface area contributed by atoms with Gasteiger partial charge in [-0.05, 0) is 25.4 Å². The van der Waals surface area contributed by atoms with Crippen molar-refractivity contribution < 1.29 is 4.79 Å². The van der Waals surface area contributed by atoms with Crippen LogP contribution >= 0.6 is 0 Å². The fourth-order valence-electron chi connectivity index (χ4n) is 0.778. The number of nitrogens with two attached hydrogens (primary N) is 1. The molecule has 0 radical (unpaired) electrons. The van der Waals surface area contributed by atoms with E-state index >= 15 is 0 Å². The summed E-state index contributed by atoms with van der Waals surface area (Å²) in [5.74, 6) is 0.458. The molecule has 0 saturated carbocycles. The van der Waals surface area contributed by atoms with Gasteiger partial charge in [0, 0.05) is 6.42 Å². The van der Waals surface area contributed by atoms with Crippen LogP contribution in [0.5, 0.6) is 0 Å². The number of amides is 1. The maximum atomic E-state index is 10.3. The van der Waals surface area contributed by atoms with E-state index in [0.29, 0.717) is 12.3 Å². The molecule has 0 aliphatic carbocycles. The molecule has 0 aliphatic rings. The standard InChI is InChI=1S/C8H18N2O/c1-7(2)6-10-5-3-4-8(9)11/h7,10H,3-6H2,1-2H3,(H2,9,11). The number of nitrogens with one attached hydrogen (secondary N) is 1. The smallest absolute Gasteiger partial charge is 0.217 e. The molecule has 3 nitrogen and oxygen atoms in total. The monoisotopic (exact) mass is 158 g/mol. The van der Waals surface area contributed by atoms with Crippen LogP contribution in [0.15, 0.2) is 0 Å². The second kappa shape index (κ2) is 6.16. The van der Waals surface area contributed by atoms with Gasteiger partial charge in [0.15, 0.2) is 0 Å². The molecule has 1 amide bonds. The minimum absolute atomic E-state index is 0.212. The Labute approximate surface area is 68.3 Å². The lowest BCUT2D eigenvalue weighted by molar-refractivity contribution is -0.118. The molecular formula is C8H18N2O. The molecule has 0 spiro atoms. The molecule has 3 heteroatoms. The molecule has 3 N–H and O–H groups in total. The predicted octanol–water partition coefficient (Wildman–Crippen LogP) is 0.497. The van der Waals surface area contributed by atoms with Crippen LogP contribution in [0.25, 0.3) is 0 Å². The minimum atomic E-state index is -0.212. The highest BCUT2D eigenvalue weighted by atomic mass is 16.1. The highest BCUT2D eigenvalue weighted by Gasteiger charge is 1.94. The number of hydrogen-bond donors (Lipinski definition) is 2. The molecule has 0 aromatic rings. The fourth-order valence-corrected chi connectivity index (χ4v) is 0.778. The van der Waals surface area contributed by atoms with E-state index in [1.807, 2.05) is 0 Å². The van der Waals surface area contributed by atoms with Crippen LogP contribution in [0.4, 0.5) is 0 Å². The Morgan fingerprint density at radius 2 is 2.18 bits per heavy atom. The summed E-state index contributed by atoms with van der Waals surface area (Å²) in [7, 11) is 0. The lowest BCUT2D eigenvalue weighted by atomic mass is 10.2. The van der Waals surface area contributed by atoms with Gasteiger partial charge in [0.1, 0.15) is 0 Å². The first kappa shape index (κ1) is 10.4. The van der Waals surface area contributed by atoms with Crippen molar-refractivity contribution in [2.75, 3.05) is 13.1 Å². The average molecular weight is 158 g/mol. The SMILES string of the molecule is CC(C)CNCCCC(N)=O. The zero-order valence-corrected chi connectivity index (χ0v) is 7.39. The largest absolute Gasteiger partial charge is 0.370 e. The summed E-state index contributed by atoms with van der Waals surface area (Å²) in [5.41, 5.74) is 4.97. The Bertz CT molecular complexity index is 113. The Kier molecular flexibility index (Phi) is 5.84. The summed E-state index contributed by atoms with van der Waals surface area (Å²) in [5, 5.41) is 3.23. The van der Waals surface area contributed by atoms with E-state index in [4.69, 9.17) is 5.73 Å². The normalized spacial score (nSPS) is 10.5. The van der Waals surface area contributed by atoms with Crippen molar-refractivity contribution in [3.8, 4) is 0 Å². The van der Waals surface area contributed by atoms with Crippen LogP contribution < -0.4 is 11.1 Å². The van der Waals surface area contributed by atoms with Gasteiger partial charge < -0.3 is 11.1 Å². The first-order valence-electron chi connectivity index (χ1n) is 4.12. The van der Waals surface area contributed by atoms with Crippen LogP contribution in [0.1, 0.15) is 26.7 Å². The van der Waals surface area contributed by atoms with Gasteiger partial charge in [0.25, 0.3) is 0 Å². The lowest BCUT2D eigenvalue weighted by Crippen LogP contribution is -2.22. The maximum Gasteiger partial charge on any atom is 0.217 e. The number of carbonyl (C=O) groups excluding carboxylic acids is 1. The van der Waals surface area contributed by atoms with Crippen molar-refractivity contribution in [3.05, 3.63) is 0 Å². The molecule has 0 aromatic carbocycles. The van der Waals surface area contributed by atoms with Gasteiger partial charge in [-0.2, -0.15) is 0 Å². The molecule has 0 bridgehead atoms. The second-order valence-corrected chi connectivity index (χ2v) is 3.17. The Morgan fingerprint density at radius 3 is 2.64 bits per heavy atom.